The molecule has 2 atom stereocenters. The highest BCUT2D eigenvalue weighted by Crippen LogP contribution is 2.40. The summed E-state index contributed by atoms with van der Waals surface area (Å²) in [5.41, 5.74) is 1.87. The molecule has 0 bridgehead atoms. The van der Waals surface area contributed by atoms with Crippen molar-refractivity contribution < 1.29 is 5.11 Å². The van der Waals surface area contributed by atoms with Gasteiger partial charge in [-0.25, -0.2) is 0 Å². The van der Waals surface area contributed by atoms with Crippen molar-refractivity contribution in [2.75, 3.05) is 19.6 Å². The number of nitrogens with zero attached hydrogens (tertiary/aromatic N) is 1. The molecule has 0 saturated carbocycles. The first-order chi connectivity index (χ1) is 9.71. The number of likely N-dealkylation sites (tertiary alicyclic amines) is 1. The van der Waals surface area contributed by atoms with Crippen LogP contribution in [0.2, 0.25) is 0 Å². The number of hydrogen-bond acceptors (Lipinski definition) is 2. The number of phenolic OH excluding ortho intramolecular Hbond substituents is 1. The van der Waals surface area contributed by atoms with Gasteiger partial charge in [-0.05, 0) is 60.4 Å². The second-order valence-electron chi connectivity index (χ2n) is 8.23. The van der Waals surface area contributed by atoms with Gasteiger partial charge in [0, 0.05) is 6.54 Å². The van der Waals surface area contributed by atoms with E-state index in [0.29, 0.717) is 17.1 Å². The lowest BCUT2D eigenvalue weighted by Crippen LogP contribution is -2.47. The van der Waals surface area contributed by atoms with Gasteiger partial charge in [0.15, 0.2) is 0 Å². The fraction of sp³-hybridized carbons (Fsp3) is 0.684. The zero-order valence-corrected chi connectivity index (χ0v) is 15.5. The summed E-state index contributed by atoms with van der Waals surface area (Å²) in [6.45, 7) is 15.2. The van der Waals surface area contributed by atoms with Crippen molar-refractivity contribution in [3.8, 4) is 5.75 Å². The quantitative estimate of drug-likeness (QED) is 0.858. The number of benzene rings is 1. The van der Waals surface area contributed by atoms with Crippen LogP contribution in [-0.2, 0) is 5.41 Å². The largest absolute Gasteiger partial charge is 0.508 e. The van der Waals surface area contributed by atoms with Crippen LogP contribution >= 0.6 is 12.4 Å². The summed E-state index contributed by atoms with van der Waals surface area (Å²) in [7, 11) is 0. The van der Waals surface area contributed by atoms with E-state index in [1.54, 1.807) is 6.07 Å². The fourth-order valence-electron chi connectivity index (χ4n) is 3.30. The van der Waals surface area contributed by atoms with Gasteiger partial charge in [0.1, 0.15) is 5.75 Å². The van der Waals surface area contributed by atoms with E-state index in [9.17, 15) is 5.11 Å². The van der Waals surface area contributed by atoms with Gasteiger partial charge < -0.3 is 10.0 Å². The number of aromatic hydroxyl groups is 1. The number of rotatable bonds is 3. The lowest BCUT2D eigenvalue weighted by molar-refractivity contribution is 0.100. The van der Waals surface area contributed by atoms with Crippen LogP contribution in [0.25, 0.3) is 0 Å². The first kappa shape index (κ1) is 19.3. The Hall–Kier alpha value is -0.730. The Kier molecular flexibility index (Phi) is 6.35. The normalized spacial score (nSPS) is 26.5. The predicted molar refractivity (Wildman–Crippen MR) is 97.0 cm³/mol. The SMILES string of the molecule is C[C@H]1CN(CCC(C)(C)C)CC[C@]1(C)c1cccc(O)c1.Cl. The molecule has 0 unspecified atom stereocenters. The Balaban J connectivity index is 0.00000242. The van der Waals surface area contributed by atoms with Crippen molar-refractivity contribution >= 4 is 12.4 Å². The zero-order chi connectivity index (χ0) is 15.7. The minimum Gasteiger partial charge on any atom is -0.508 e. The van der Waals surface area contributed by atoms with E-state index in [1.807, 2.05) is 12.1 Å². The summed E-state index contributed by atoms with van der Waals surface area (Å²) < 4.78 is 0. The molecular weight excluding hydrogens is 294 g/mol. The summed E-state index contributed by atoms with van der Waals surface area (Å²) >= 11 is 0. The molecule has 0 spiro atoms. The van der Waals surface area contributed by atoms with Gasteiger partial charge >= 0.3 is 0 Å². The fourth-order valence-corrected chi connectivity index (χ4v) is 3.30. The van der Waals surface area contributed by atoms with Gasteiger partial charge in [-0.2, -0.15) is 0 Å². The van der Waals surface area contributed by atoms with Gasteiger partial charge in [0.25, 0.3) is 0 Å². The Morgan fingerprint density at radius 3 is 2.55 bits per heavy atom. The molecule has 0 radical (unpaired) electrons. The smallest absolute Gasteiger partial charge is 0.115 e. The van der Waals surface area contributed by atoms with Gasteiger partial charge in [-0.3, -0.25) is 0 Å². The second-order valence-corrected chi connectivity index (χ2v) is 8.23. The zero-order valence-electron chi connectivity index (χ0n) is 14.7. The van der Waals surface area contributed by atoms with Gasteiger partial charge in [-0.15, -0.1) is 12.4 Å². The molecule has 1 fully saturated rings. The molecule has 22 heavy (non-hydrogen) atoms. The maximum atomic E-state index is 9.76. The first-order valence-electron chi connectivity index (χ1n) is 8.23. The number of piperidine rings is 1. The molecule has 1 aliphatic heterocycles. The lowest BCUT2D eigenvalue weighted by atomic mass is 9.68. The molecule has 0 amide bonds. The van der Waals surface area contributed by atoms with Crippen LogP contribution in [0.3, 0.4) is 0 Å². The van der Waals surface area contributed by atoms with Gasteiger partial charge in [0.05, 0.1) is 0 Å². The molecule has 2 nitrogen and oxygen atoms in total. The van der Waals surface area contributed by atoms with Crippen molar-refractivity contribution in [2.24, 2.45) is 11.3 Å². The van der Waals surface area contributed by atoms with E-state index in [0.717, 1.165) is 13.1 Å². The van der Waals surface area contributed by atoms with E-state index < -0.39 is 0 Å². The molecule has 1 heterocycles. The first-order valence-corrected chi connectivity index (χ1v) is 8.23. The molecule has 126 valence electrons. The third kappa shape index (κ3) is 4.63. The Bertz CT molecular complexity index is 483. The summed E-state index contributed by atoms with van der Waals surface area (Å²) in [5, 5.41) is 9.76. The second kappa shape index (κ2) is 7.23. The molecule has 1 aromatic carbocycles. The Morgan fingerprint density at radius 1 is 1.32 bits per heavy atom. The van der Waals surface area contributed by atoms with Crippen LogP contribution < -0.4 is 0 Å². The van der Waals surface area contributed by atoms with Crippen molar-refractivity contribution in [1.29, 1.82) is 0 Å². The molecule has 3 heteroatoms. The third-order valence-corrected chi connectivity index (χ3v) is 5.25. The summed E-state index contributed by atoms with van der Waals surface area (Å²) in [6.07, 6.45) is 2.42. The summed E-state index contributed by atoms with van der Waals surface area (Å²) in [4.78, 5) is 2.61. The maximum absolute atomic E-state index is 9.76. The van der Waals surface area contributed by atoms with Crippen LogP contribution in [0.1, 0.15) is 53.0 Å². The molecule has 2 rings (SSSR count). The molecule has 1 aliphatic rings. The molecule has 1 aromatic rings. The van der Waals surface area contributed by atoms with E-state index in [4.69, 9.17) is 0 Å². The highest BCUT2D eigenvalue weighted by atomic mass is 35.5. The van der Waals surface area contributed by atoms with Crippen LogP contribution in [0, 0.1) is 11.3 Å². The minimum atomic E-state index is 0. The highest BCUT2D eigenvalue weighted by molar-refractivity contribution is 5.85. The van der Waals surface area contributed by atoms with Crippen LogP contribution in [0.5, 0.6) is 5.75 Å². The summed E-state index contributed by atoms with van der Waals surface area (Å²) in [6, 6.07) is 7.84. The van der Waals surface area contributed by atoms with Crippen LogP contribution in [-0.4, -0.2) is 29.6 Å². The van der Waals surface area contributed by atoms with Gasteiger partial charge in [0.2, 0.25) is 0 Å². The third-order valence-electron chi connectivity index (χ3n) is 5.25. The number of halogens is 1. The van der Waals surface area contributed by atoms with Crippen molar-refractivity contribution in [3.05, 3.63) is 29.8 Å². The molecular formula is C19H32ClNO. The van der Waals surface area contributed by atoms with Crippen molar-refractivity contribution in [2.45, 2.75) is 52.9 Å². The predicted octanol–water partition coefficient (Wildman–Crippen LogP) is 4.85. The van der Waals surface area contributed by atoms with Crippen molar-refractivity contribution in [1.82, 2.24) is 4.90 Å². The number of hydrogen-bond donors (Lipinski definition) is 1. The summed E-state index contributed by atoms with van der Waals surface area (Å²) in [5.74, 6) is 0.990. The molecule has 0 aromatic heterocycles. The standard InChI is InChI=1S/C19H31NO.ClH/c1-15-14-20(11-9-18(2,3)4)12-10-19(15,5)16-7-6-8-17(21)13-16;/h6-8,13,15,21H,9-12,14H2,1-5H3;1H/t15-,19-;/m0./s1. The average Bonchev–Trinajstić information content (AvgIpc) is 2.39. The molecule has 1 N–H and O–H groups in total. The lowest BCUT2D eigenvalue weighted by Gasteiger charge is -2.45. The maximum Gasteiger partial charge on any atom is 0.115 e. The molecule has 1 saturated heterocycles. The average molecular weight is 326 g/mol. The monoisotopic (exact) mass is 325 g/mol. The topological polar surface area (TPSA) is 23.5 Å². The molecule has 0 aliphatic carbocycles. The highest BCUT2D eigenvalue weighted by Gasteiger charge is 2.38. The van der Waals surface area contributed by atoms with E-state index >= 15 is 0 Å². The Morgan fingerprint density at radius 2 is 2.00 bits per heavy atom. The van der Waals surface area contributed by atoms with Crippen LogP contribution in [0.4, 0.5) is 0 Å². The van der Waals surface area contributed by atoms with E-state index in [2.05, 4.69) is 45.6 Å². The van der Waals surface area contributed by atoms with Gasteiger partial charge in [-0.1, -0.05) is 46.8 Å². The number of phenols is 1. The minimum absolute atomic E-state index is 0. The van der Waals surface area contributed by atoms with Crippen molar-refractivity contribution in [3.63, 3.8) is 0 Å². The van der Waals surface area contributed by atoms with E-state index in [-0.39, 0.29) is 17.8 Å². The Labute approximate surface area is 142 Å². The van der Waals surface area contributed by atoms with Crippen LogP contribution in [0.15, 0.2) is 24.3 Å². The van der Waals surface area contributed by atoms with E-state index in [1.165, 1.54) is 24.9 Å².